The molecule has 0 aliphatic heterocycles. The first-order valence-electron chi connectivity index (χ1n) is 4.73. The van der Waals surface area contributed by atoms with E-state index in [0.29, 0.717) is 0 Å². The third kappa shape index (κ3) is 3.58. The molecule has 1 N–H and O–H groups in total. The summed E-state index contributed by atoms with van der Waals surface area (Å²) in [6, 6.07) is 11.5. The highest BCUT2D eigenvalue weighted by Crippen LogP contribution is 2.08. The zero-order valence-corrected chi connectivity index (χ0v) is 8.37. The Kier molecular flexibility index (Phi) is 4.73. The van der Waals surface area contributed by atoms with Gasteiger partial charge in [0, 0.05) is 6.54 Å². The fourth-order valence-electron chi connectivity index (χ4n) is 1.23. The van der Waals surface area contributed by atoms with Crippen LogP contribution in [0.3, 0.4) is 0 Å². The first kappa shape index (κ1) is 10.7. The summed E-state index contributed by atoms with van der Waals surface area (Å²) in [4.78, 5) is 0. The fourth-order valence-corrected chi connectivity index (χ4v) is 1.23. The molecule has 1 aromatic rings. The Balaban J connectivity index is 2.48. The van der Waals surface area contributed by atoms with Gasteiger partial charge in [0.25, 0.3) is 0 Å². The van der Waals surface area contributed by atoms with E-state index in [0.717, 1.165) is 19.0 Å². The highest BCUT2D eigenvalue weighted by molar-refractivity contribution is 5.22. The summed E-state index contributed by atoms with van der Waals surface area (Å²) in [6.45, 7) is 8.23. The van der Waals surface area contributed by atoms with Crippen molar-refractivity contribution in [3.8, 4) is 0 Å². The predicted octanol–water partition coefficient (Wildman–Crippen LogP) is 2.72. The van der Waals surface area contributed by atoms with Crippen molar-refractivity contribution in [3.63, 3.8) is 0 Å². The lowest BCUT2D eigenvalue weighted by atomic mass is 10.1. The topological polar surface area (TPSA) is 12.0 Å². The molecule has 1 rings (SSSR count). The van der Waals surface area contributed by atoms with Crippen molar-refractivity contribution < 1.29 is 0 Å². The maximum Gasteiger partial charge on any atom is 0.0629 e. The van der Waals surface area contributed by atoms with Gasteiger partial charge in [-0.1, -0.05) is 42.5 Å². The molecule has 0 unspecified atom stereocenters. The summed E-state index contributed by atoms with van der Waals surface area (Å²) in [5.74, 6) is 0. The van der Waals surface area contributed by atoms with Crippen LogP contribution >= 0.6 is 0 Å². The van der Waals surface area contributed by atoms with Crippen LogP contribution in [0.5, 0.6) is 0 Å². The third-order valence-electron chi connectivity index (χ3n) is 1.96. The molecule has 1 aromatic carbocycles. The van der Waals surface area contributed by atoms with Crippen molar-refractivity contribution in [2.45, 2.75) is 6.42 Å². The second-order valence-electron chi connectivity index (χ2n) is 3.06. The molecule has 0 aliphatic carbocycles. The Morgan fingerprint density at radius 1 is 1.21 bits per heavy atom. The van der Waals surface area contributed by atoms with Gasteiger partial charge in [-0.05, 0) is 12.0 Å². The van der Waals surface area contributed by atoms with Gasteiger partial charge >= 0.3 is 0 Å². The van der Waals surface area contributed by atoms with Crippen molar-refractivity contribution in [1.82, 2.24) is 5.32 Å². The monoisotopic (exact) mass is 186 g/mol. The van der Waals surface area contributed by atoms with Crippen molar-refractivity contribution in [2.75, 3.05) is 6.54 Å². The van der Waals surface area contributed by atoms with Gasteiger partial charge in [-0.15, -0.1) is 13.2 Å². The third-order valence-corrected chi connectivity index (χ3v) is 1.96. The Bertz CT molecular complexity index is 277. The Morgan fingerprint density at radius 2 is 1.93 bits per heavy atom. The van der Waals surface area contributed by atoms with Gasteiger partial charge < -0.3 is 5.32 Å². The SMILES string of the molecule is C=CCN[C](C=C)Cc1ccccc1. The summed E-state index contributed by atoms with van der Waals surface area (Å²) < 4.78 is 0. The molecule has 0 aromatic heterocycles. The van der Waals surface area contributed by atoms with Gasteiger partial charge in [-0.2, -0.15) is 0 Å². The van der Waals surface area contributed by atoms with E-state index >= 15 is 0 Å². The molecule has 73 valence electrons. The molecule has 0 heterocycles. The van der Waals surface area contributed by atoms with E-state index in [2.05, 4.69) is 30.6 Å². The highest BCUT2D eigenvalue weighted by Gasteiger charge is 2.03. The van der Waals surface area contributed by atoms with Crippen molar-refractivity contribution in [3.05, 3.63) is 67.2 Å². The molecule has 0 atom stereocenters. The van der Waals surface area contributed by atoms with Crippen LogP contribution in [0, 0.1) is 6.04 Å². The van der Waals surface area contributed by atoms with Gasteiger partial charge in [0.05, 0.1) is 6.04 Å². The molecule has 0 fully saturated rings. The summed E-state index contributed by atoms with van der Waals surface area (Å²) in [7, 11) is 0. The minimum atomic E-state index is 0.786. The van der Waals surface area contributed by atoms with Crippen LogP contribution in [0.25, 0.3) is 0 Å². The van der Waals surface area contributed by atoms with Crippen LogP contribution in [0.15, 0.2) is 55.6 Å². The molecule has 0 saturated carbocycles. The molecule has 1 nitrogen and oxygen atoms in total. The number of benzene rings is 1. The van der Waals surface area contributed by atoms with E-state index in [1.165, 1.54) is 5.56 Å². The van der Waals surface area contributed by atoms with Crippen molar-refractivity contribution >= 4 is 0 Å². The van der Waals surface area contributed by atoms with Crippen LogP contribution in [-0.2, 0) is 6.42 Å². The predicted molar refractivity (Wildman–Crippen MR) is 61.8 cm³/mol. The van der Waals surface area contributed by atoms with E-state index in [1.54, 1.807) is 0 Å². The lowest BCUT2D eigenvalue weighted by molar-refractivity contribution is 0.770. The molecule has 1 heteroatoms. The summed E-state index contributed by atoms with van der Waals surface area (Å²) in [5.41, 5.74) is 1.29. The summed E-state index contributed by atoms with van der Waals surface area (Å²) in [5, 5.41) is 3.25. The minimum Gasteiger partial charge on any atom is -0.302 e. The lowest BCUT2D eigenvalue weighted by Crippen LogP contribution is -2.21. The summed E-state index contributed by atoms with van der Waals surface area (Å²) >= 11 is 0. The lowest BCUT2D eigenvalue weighted by Gasteiger charge is -2.11. The average molecular weight is 186 g/mol. The second kappa shape index (κ2) is 6.17. The fraction of sp³-hybridized carbons (Fsp3) is 0.154. The van der Waals surface area contributed by atoms with E-state index in [-0.39, 0.29) is 0 Å². The van der Waals surface area contributed by atoms with Crippen LogP contribution < -0.4 is 5.32 Å². The van der Waals surface area contributed by atoms with E-state index in [9.17, 15) is 0 Å². The van der Waals surface area contributed by atoms with E-state index in [1.807, 2.05) is 30.4 Å². The maximum absolute atomic E-state index is 3.78. The molecule has 14 heavy (non-hydrogen) atoms. The number of nitrogens with one attached hydrogen (secondary N) is 1. The van der Waals surface area contributed by atoms with Crippen LogP contribution in [0.1, 0.15) is 5.56 Å². The van der Waals surface area contributed by atoms with Crippen LogP contribution in [-0.4, -0.2) is 6.54 Å². The molecule has 0 saturated heterocycles. The Morgan fingerprint density at radius 3 is 2.50 bits per heavy atom. The second-order valence-corrected chi connectivity index (χ2v) is 3.06. The molecular weight excluding hydrogens is 170 g/mol. The van der Waals surface area contributed by atoms with Crippen molar-refractivity contribution in [2.24, 2.45) is 0 Å². The minimum absolute atomic E-state index is 0.786. The van der Waals surface area contributed by atoms with Gasteiger partial charge in [0.15, 0.2) is 0 Å². The normalized spacial score (nSPS) is 10.1. The number of hydrogen-bond donors (Lipinski definition) is 1. The molecule has 0 bridgehead atoms. The smallest absolute Gasteiger partial charge is 0.0629 e. The van der Waals surface area contributed by atoms with Crippen molar-refractivity contribution in [1.29, 1.82) is 0 Å². The molecule has 1 radical (unpaired) electrons. The van der Waals surface area contributed by atoms with Crippen LogP contribution in [0.4, 0.5) is 0 Å². The first-order chi connectivity index (χ1) is 6.86. The number of rotatable bonds is 6. The Hall–Kier alpha value is -1.34. The van der Waals surface area contributed by atoms with E-state index in [4.69, 9.17) is 0 Å². The van der Waals surface area contributed by atoms with Gasteiger partial charge in [-0.25, -0.2) is 0 Å². The quantitative estimate of drug-likeness (QED) is 0.674. The van der Waals surface area contributed by atoms with Crippen LogP contribution in [0.2, 0.25) is 0 Å². The highest BCUT2D eigenvalue weighted by atomic mass is 14.9. The molecule has 0 spiro atoms. The zero-order valence-electron chi connectivity index (χ0n) is 8.37. The summed E-state index contributed by atoms with van der Waals surface area (Å²) in [6.07, 6.45) is 4.60. The molecule has 0 amide bonds. The first-order valence-corrected chi connectivity index (χ1v) is 4.73. The average Bonchev–Trinajstić information content (AvgIpc) is 2.25. The molecule has 0 aliphatic rings. The standard InChI is InChI=1S/C13H16N/c1-3-10-14-13(4-2)11-12-8-6-5-7-9-12/h3-9,14H,1-2,10-11H2. The zero-order chi connectivity index (χ0) is 10.2. The molecular formula is C13H16N. The maximum atomic E-state index is 3.78. The Labute approximate surface area is 86.2 Å². The number of hydrogen-bond acceptors (Lipinski definition) is 1. The van der Waals surface area contributed by atoms with Gasteiger partial charge in [0.2, 0.25) is 0 Å². The largest absolute Gasteiger partial charge is 0.302 e. The van der Waals surface area contributed by atoms with Gasteiger partial charge in [-0.3, -0.25) is 0 Å². The van der Waals surface area contributed by atoms with Gasteiger partial charge in [0.1, 0.15) is 0 Å². The van der Waals surface area contributed by atoms with E-state index < -0.39 is 0 Å².